The second-order valence-corrected chi connectivity index (χ2v) is 7.17. The monoisotopic (exact) mass is 422 g/mol. The van der Waals surface area contributed by atoms with Crippen LogP contribution in [0.1, 0.15) is 31.3 Å². The van der Waals surface area contributed by atoms with Crippen molar-refractivity contribution < 1.29 is 23.2 Å². The van der Waals surface area contributed by atoms with Crippen molar-refractivity contribution in [1.82, 2.24) is 20.4 Å². The van der Waals surface area contributed by atoms with E-state index in [-0.39, 0.29) is 24.5 Å². The molecular weight excluding hydrogens is 403 g/mol. The second-order valence-electron chi connectivity index (χ2n) is 7.17. The molecule has 1 N–H and O–H groups in total. The van der Waals surface area contributed by atoms with Crippen molar-refractivity contribution >= 4 is 11.6 Å². The van der Waals surface area contributed by atoms with E-state index in [0.717, 1.165) is 0 Å². The van der Waals surface area contributed by atoms with Crippen LogP contribution < -0.4 is 14.8 Å². The summed E-state index contributed by atoms with van der Waals surface area (Å²) < 4.78 is 29.8. The molecule has 1 unspecified atom stereocenters. The summed E-state index contributed by atoms with van der Waals surface area (Å²) in [5.74, 6) is 1.58. The van der Waals surface area contributed by atoms with Crippen LogP contribution in [-0.4, -0.2) is 34.4 Å². The minimum atomic E-state index is -0.555. The highest BCUT2D eigenvalue weighted by atomic mass is 19.1. The molecule has 8 nitrogen and oxygen atoms in total. The molecule has 31 heavy (non-hydrogen) atoms. The highest BCUT2D eigenvalue weighted by Crippen LogP contribution is 2.39. The van der Waals surface area contributed by atoms with Gasteiger partial charge in [-0.05, 0) is 49.7 Å². The van der Waals surface area contributed by atoms with Crippen molar-refractivity contribution in [3.05, 3.63) is 65.4 Å². The lowest BCUT2D eigenvalue weighted by Crippen LogP contribution is -2.45. The SMILES string of the molecule is CCN1C(=O)NC(c2ccc(F)cc2)C(c2nc(-c3ccc4c(c3)OCO4)no2)=C1C. The molecule has 2 aliphatic heterocycles. The fraction of sp³-hybridized carbons (Fsp3) is 0.227. The molecule has 5 rings (SSSR count). The summed E-state index contributed by atoms with van der Waals surface area (Å²) in [4.78, 5) is 18.8. The van der Waals surface area contributed by atoms with Crippen molar-refractivity contribution in [3.63, 3.8) is 0 Å². The summed E-state index contributed by atoms with van der Waals surface area (Å²) >= 11 is 0. The largest absolute Gasteiger partial charge is 0.454 e. The Hall–Kier alpha value is -3.88. The van der Waals surface area contributed by atoms with Crippen LogP contribution >= 0.6 is 0 Å². The van der Waals surface area contributed by atoms with Gasteiger partial charge in [0, 0.05) is 17.8 Å². The number of halogens is 1. The van der Waals surface area contributed by atoms with E-state index in [2.05, 4.69) is 15.5 Å². The molecule has 158 valence electrons. The Balaban J connectivity index is 1.58. The number of rotatable bonds is 4. The van der Waals surface area contributed by atoms with E-state index in [0.29, 0.717) is 46.3 Å². The Morgan fingerprint density at radius 1 is 1.16 bits per heavy atom. The first-order valence-corrected chi connectivity index (χ1v) is 9.83. The smallest absolute Gasteiger partial charge is 0.322 e. The first-order chi connectivity index (χ1) is 15.0. The van der Waals surface area contributed by atoms with Gasteiger partial charge in [-0.25, -0.2) is 9.18 Å². The van der Waals surface area contributed by atoms with Gasteiger partial charge in [0.2, 0.25) is 12.6 Å². The molecule has 0 radical (unpaired) electrons. The minimum absolute atomic E-state index is 0.175. The van der Waals surface area contributed by atoms with Gasteiger partial charge in [0.1, 0.15) is 5.82 Å². The predicted molar refractivity (Wildman–Crippen MR) is 109 cm³/mol. The van der Waals surface area contributed by atoms with Crippen LogP contribution in [0.25, 0.3) is 17.0 Å². The maximum absolute atomic E-state index is 13.5. The molecule has 2 aromatic carbocycles. The lowest BCUT2D eigenvalue weighted by Gasteiger charge is -2.34. The lowest BCUT2D eigenvalue weighted by molar-refractivity contribution is 0.174. The summed E-state index contributed by atoms with van der Waals surface area (Å²) in [5, 5.41) is 7.08. The summed E-state index contributed by atoms with van der Waals surface area (Å²) in [6, 6.07) is 10.6. The topological polar surface area (TPSA) is 89.7 Å². The third-order valence-electron chi connectivity index (χ3n) is 5.40. The molecule has 1 atom stereocenters. The van der Waals surface area contributed by atoms with Crippen LogP contribution in [0.4, 0.5) is 9.18 Å². The third-order valence-corrected chi connectivity index (χ3v) is 5.40. The van der Waals surface area contributed by atoms with Crippen LogP contribution in [0.5, 0.6) is 11.5 Å². The molecule has 3 heterocycles. The van der Waals surface area contributed by atoms with Gasteiger partial charge in [0.15, 0.2) is 11.5 Å². The number of carbonyl (C=O) groups excluding carboxylic acids is 1. The number of urea groups is 1. The van der Waals surface area contributed by atoms with Crippen molar-refractivity contribution in [2.24, 2.45) is 0 Å². The van der Waals surface area contributed by atoms with Crippen molar-refractivity contribution in [1.29, 1.82) is 0 Å². The number of nitrogens with zero attached hydrogens (tertiary/aromatic N) is 3. The predicted octanol–water partition coefficient (Wildman–Crippen LogP) is 4.12. The number of allylic oxidation sites excluding steroid dienone is 1. The number of fused-ring (bicyclic) bond motifs is 1. The Labute approximate surface area is 177 Å². The molecule has 2 amide bonds. The number of benzene rings is 2. The highest BCUT2D eigenvalue weighted by Gasteiger charge is 2.35. The van der Waals surface area contributed by atoms with E-state index in [4.69, 9.17) is 14.0 Å². The van der Waals surface area contributed by atoms with E-state index in [1.807, 2.05) is 19.9 Å². The van der Waals surface area contributed by atoms with Crippen LogP contribution in [0.15, 0.2) is 52.7 Å². The number of aromatic nitrogens is 2. The Bertz CT molecular complexity index is 1190. The Morgan fingerprint density at radius 3 is 2.71 bits per heavy atom. The summed E-state index contributed by atoms with van der Waals surface area (Å²) in [7, 11) is 0. The third kappa shape index (κ3) is 3.27. The van der Waals surface area contributed by atoms with Crippen LogP contribution in [0.3, 0.4) is 0 Å². The van der Waals surface area contributed by atoms with Gasteiger partial charge in [0.05, 0.1) is 11.6 Å². The lowest BCUT2D eigenvalue weighted by atomic mass is 9.94. The zero-order chi connectivity index (χ0) is 21.5. The fourth-order valence-electron chi connectivity index (χ4n) is 3.83. The zero-order valence-corrected chi connectivity index (χ0v) is 16.9. The second kappa shape index (κ2) is 7.42. The van der Waals surface area contributed by atoms with E-state index < -0.39 is 6.04 Å². The summed E-state index contributed by atoms with van der Waals surface area (Å²) in [6.07, 6.45) is 0. The molecule has 0 bridgehead atoms. The molecule has 2 aliphatic rings. The standard InChI is InChI=1S/C22H19FN4O4/c1-3-27-12(2)18(19(24-22(27)28)13-4-7-15(23)8-5-13)21-25-20(26-31-21)14-6-9-16-17(10-14)30-11-29-16/h4-10,19H,3,11H2,1-2H3,(H,24,28). The molecule has 0 saturated heterocycles. The number of carbonyl (C=O) groups is 1. The van der Waals surface area contributed by atoms with Gasteiger partial charge in [-0.3, -0.25) is 4.90 Å². The molecule has 0 aliphatic carbocycles. The van der Waals surface area contributed by atoms with Gasteiger partial charge < -0.3 is 19.3 Å². The van der Waals surface area contributed by atoms with Gasteiger partial charge in [0.25, 0.3) is 5.89 Å². The first kappa shape index (κ1) is 19.1. The molecule has 0 spiro atoms. The van der Waals surface area contributed by atoms with Crippen LogP contribution in [0, 0.1) is 5.82 Å². The van der Waals surface area contributed by atoms with Gasteiger partial charge in [-0.2, -0.15) is 4.98 Å². The molecular formula is C22H19FN4O4. The summed E-state index contributed by atoms with van der Waals surface area (Å²) in [5.41, 5.74) is 2.78. The number of hydrogen-bond acceptors (Lipinski definition) is 6. The Kier molecular flexibility index (Phi) is 4.58. The summed E-state index contributed by atoms with van der Waals surface area (Å²) in [6.45, 7) is 4.36. The van der Waals surface area contributed by atoms with Crippen molar-refractivity contribution in [3.8, 4) is 22.9 Å². The molecule has 1 aromatic heterocycles. The number of hydrogen-bond donors (Lipinski definition) is 1. The normalized spacial score (nSPS) is 17.8. The molecule has 3 aromatic rings. The van der Waals surface area contributed by atoms with Crippen LogP contribution in [-0.2, 0) is 0 Å². The van der Waals surface area contributed by atoms with E-state index in [1.54, 1.807) is 29.2 Å². The molecule has 9 heteroatoms. The highest BCUT2D eigenvalue weighted by molar-refractivity contribution is 5.86. The van der Waals surface area contributed by atoms with E-state index in [9.17, 15) is 9.18 Å². The molecule has 0 fully saturated rings. The van der Waals surface area contributed by atoms with Crippen LogP contribution in [0.2, 0.25) is 0 Å². The van der Waals surface area contributed by atoms with Gasteiger partial charge >= 0.3 is 6.03 Å². The van der Waals surface area contributed by atoms with Gasteiger partial charge in [-0.1, -0.05) is 17.3 Å². The quantitative estimate of drug-likeness (QED) is 0.680. The number of nitrogens with one attached hydrogen (secondary N) is 1. The fourth-order valence-corrected chi connectivity index (χ4v) is 3.83. The minimum Gasteiger partial charge on any atom is -0.454 e. The van der Waals surface area contributed by atoms with Crippen molar-refractivity contribution in [2.45, 2.75) is 19.9 Å². The zero-order valence-electron chi connectivity index (χ0n) is 16.9. The van der Waals surface area contributed by atoms with E-state index in [1.165, 1.54) is 12.1 Å². The maximum atomic E-state index is 13.5. The van der Waals surface area contributed by atoms with Crippen molar-refractivity contribution in [2.75, 3.05) is 13.3 Å². The first-order valence-electron chi connectivity index (χ1n) is 9.83. The average molecular weight is 422 g/mol. The number of amides is 2. The van der Waals surface area contributed by atoms with E-state index >= 15 is 0 Å². The average Bonchev–Trinajstić information content (AvgIpc) is 3.43. The Morgan fingerprint density at radius 2 is 1.94 bits per heavy atom. The maximum Gasteiger partial charge on any atom is 0.322 e. The van der Waals surface area contributed by atoms with Gasteiger partial charge in [-0.15, -0.1) is 0 Å². The number of ether oxygens (including phenoxy) is 2. The molecule has 0 saturated carbocycles.